The smallest absolute Gasteiger partial charge is 0.324 e. The lowest BCUT2D eigenvalue weighted by atomic mass is 9.98. The molecule has 0 amide bonds. The Morgan fingerprint density at radius 3 is 2.59 bits per heavy atom. The Bertz CT molecular complexity index is 1110. The van der Waals surface area contributed by atoms with E-state index >= 15 is 0 Å². The molecule has 186 valence electrons. The van der Waals surface area contributed by atoms with Crippen LogP contribution in [0, 0.1) is 5.92 Å². The minimum absolute atomic E-state index is 0.197. The highest BCUT2D eigenvalue weighted by Crippen LogP contribution is 2.26. The van der Waals surface area contributed by atoms with Gasteiger partial charge in [0.15, 0.2) is 5.82 Å². The maximum atomic E-state index is 11.8. The lowest BCUT2D eigenvalue weighted by Gasteiger charge is -2.40. The molecule has 2 fully saturated rings. The van der Waals surface area contributed by atoms with Crippen LogP contribution < -0.4 is 9.80 Å². The van der Waals surface area contributed by atoms with Gasteiger partial charge in [0, 0.05) is 63.4 Å². The third-order valence-electron chi connectivity index (χ3n) is 6.89. The Hall–Kier alpha value is -2.31. The third kappa shape index (κ3) is 5.03. The van der Waals surface area contributed by atoms with Gasteiger partial charge >= 0.3 is 6.01 Å². The molecule has 5 rings (SSSR count). The molecule has 11 nitrogen and oxygen atoms in total. The second-order valence-corrected chi connectivity index (χ2v) is 11.9. The standard InChI is InChI=1S/C22H33N7O4S/c1-15(2)20-25-22(33-26-20)27-7-4-16(5-8-27)14-32-18-12-28(13-18)21-23-10-17-11-29(34(3,30)31)9-6-19(17)24-21/h10,15-16,18H,4-9,11-14H2,1-3H3. The van der Waals surface area contributed by atoms with Gasteiger partial charge in [0.05, 0.1) is 24.7 Å². The number of hydrogen-bond acceptors (Lipinski definition) is 10. The zero-order valence-corrected chi connectivity index (χ0v) is 20.9. The molecule has 0 radical (unpaired) electrons. The second-order valence-electron chi connectivity index (χ2n) is 9.87. The predicted octanol–water partition coefficient (Wildman–Crippen LogP) is 1.42. The molecule has 34 heavy (non-hydrogen) atoms. The van der Waals surface area contributed by atoms with Crippen LogP contribution >= 0.6 is 0 Å². The third-order valence-corrected chi connectivity index (χ3v) is 8.14. The molecule has 0 spiro atoms. The predicted molar refractivity (Wildman–Crippen MR) is 126 cm³/mol. The molecule has 0 N–H and O–H groups in total. The van der Waals surface area contributed by atoms with Crippen LogP contribution in [-0.2, 0) is 27.7 Å². The number of hydrogen-bond donors (Lipinski definition) is 0. The van der Waals surface area contributed by atoms with Crippen LogP contribution in [-0.4, -0.2) is 84.5 Å². The summed E-state index contributed by atoms with van der Waals surface area (Å²) in [5.41, 5.74) is 1.84. The summed E-state index contributed by atoms with van der Waals surface area (Å²) < 4.78 is 36.7. The fraction of sp³-hybridized carbons (Fsp3) is 0.727. The van der Waals surface area contributed by atoms with Crippen molar-refractivity contribution >= 4 is 22.0 Å². The fourth-order valence-electron chi connectivity index (χ4n) is 4.57. The molecule has 3 aliphatic heterocycles. The second kappa shape index (κ2) is 9.38. The van der Waals surface area contributed by atoms with Gasteiger partial charge in [0.1, 0.15) is 0 Å². The zero-order chi connectivity index (χ0) is 23.9. The Labute approximate surface area is 200 Å². The molecule has 5 heterocycles. The van der Waals surface area contributed by atoms with Crippen molar-refractivity contribution in [3.05, 3.63) is 23.3 Å². The van der Waals surface area contributed by atoms with Gasteiger partial charge in [-0.3, -0.25) is 0 Å². The van der Waals surface area contributed by atoms with Crippen LogP contribution in [0.2, 0.25) is 0 Å². The van der Waals surface area contributed by atoms with E-state index in [1.165, 1.54) is 10.6 Å². The first kappa shape index (κ1) is 23.4. The minimum atomic E-state index is -3.19. The number of anilines is 2. The normalized spacial score (nSPS) is 20.6. The largest absolute Gasteiger partial charge is 0.374 e. The van der Waals surface area contributed by atoms with Crippen molar-refractivity contribution in [3.63, 3.8) is 0 Å². The lowest BCUT2D eigenvalue weighted by molar-refractivity contribution is 0.00752. The average molecular weight is 492 g/mol. The van der Waals surface area contributed by atoms with Crippen LogP contribution in [0.15, 0.2) is 10.7 Å². The van der Waals surface area contributed by atoms with Crippen LogP contribution in [0.5, 0.6) is 0 Å². The molecule has 0 saturated carbocycles. The SMILES string of the molecule is CC(C)c1noc(N2CCC(COC3CN(c4ncc5c(n4)CCN(S(C)(=O)=O)C5)C3)CC2)n1. The quantitative estimate of drug-likeness (QED) is 0.563. The summed E-state index contributed by atoms with van der Waals surface area (Å²) in [5, 5.41) is 4.06. The van der Waals surface area contributed by atoms with Gasteiger partial charge < -0.3 is 19.1 Å². The van der Waals surface area contributed by atoms with E-state index in [9.17, 15) is 8.42 Å². The van der Waals surface area contributed by atoms with E-state index in [-0.39, 0.29) is 12.0 Å². The molecule has 0 aromatic carbocycles. The minimum Gasteiger partial charge on any atom is -0.374 e. The number of aromatic nitrogens is 4. The summed E-state index contributed by atoms with van der Waals surface area (Å²) in [6.45, 7) is 9.09. The highest BCUT2D eigenvalue weighted by molar-refractivity contribution is 7.88. The molecular formula is C22H33N7O4S. The van der Waals surface area contributed by atoms with Gasteiger partial charge in [0.2, 0.25) is 16.0 Å². The summed E-state index contributed by atoms with van der Waals surface area (Å²) in [5.74, 6) is 2.27. The van der Waals surface area contributed by atoms with E-state index < -0.39 is 10.0 Å². The van der Waals surface area contributed by atoms with Gasteiger partial charge in [0.25, 0.3) is 0 Å². The van der Waals surface area contributed by atoms with Crippen molar-refractivity contribution in [3.8, 4) is 0 Å². The van der Waals surface area contributed by atoms with Gasteiger partial charge in [-0.2, -0.15) is 9.29 Å². The molecule has 0 unspecified atom stereocenters. The first-order valence-corrected chi connectivity index (χ1v) is 13.9. The van der Waals surface area contributed by atoms with Crippen molar-refractivity contribution in [1.82, 2.24) is 24.4 Å². The molecule has 0 bridgehead atoms. The van der Waals surface area contributed by atoms with Gasteiger partial charge in [-0.25, -0.2) is 18.4 Å². The Morgan fingerprint density at radius 1 is 1.15 bits per heavy atom. The molecule has 2 aromatic rings. The topological polar surface area (TPSA) is 118 Å². The Kier molecular flexibility index (Phi) is 6.47. The van der Waals surface area contributed by atoms with Crippen molar-refractivity contribution < 1.29 is 17.7 Å². The average Bonchev–Trinajstić information content (AvgIpc) is 3.28. The number of ether oxygens (including phenoxy) is 1. The van der Waals surface area contributed by atoms with E-state index in [1.54, 1.807) is 6.20 Å². The summed E-state index contributed by atoms with van der Waals surface area (Å²) in [7, 11) is -3.19. The maximum Gasteiger partial charge on any atom is 0.324 e. The summed E-state index contributed by atoms with van der Waals surface area (Å²) >= 11 is 0. The Balaban J connectivity index is 1.05. The van der Waals surface area contributed by atoms with E-state index in [1.807, 2.05) is 0 Å². The van der Waals surface area contributed by atoms with Crippen molar-refractivity contribution in [1.29, 1.82) is 0 Å². The molecule has 2 aromatic heterocycles. The van der Waals surface area contributed by atoms with Crippen LogP contribution in [0.4, 0.5) is 12.0 Å². The van der Waals surface area contributed by atoms with Crippen molar-refractivity contribution in [2.75, 3.05) is 55.4 Å². The molecule has 3 aliphatic rings. The van der Waals surface area contributed by atoms with E-state index in [0.29, 0.717) is 37.4 Å². The number of sulfonamides is 1. The zero-order valence-electron chi connectivity index (χ0n) is 20.1. The number of piperidine rings is 1. The number of fused-ring (bicyclic) bond motifs is 1. The first-order chi connectivity index (χ1) is 16.3. The summed E-state index contributed by atoms with van der Waals surface area (Å²) in [6, 6.07) is 0.631. The van der Waals surface area contributed by atoms with Crippen LogP contribution in [0.3, 0.4) is 0 Å². The van der Waals surface area contributed by atoms with E-state index in [0.717, 1.165) is 62.7 Å². The van der Waals surface area contributed by atoms with E-state index in [2.05, 4.69) is 38.8 Å². The number of nitrogens with zero attached hydrogens (tertiary/aromatic N) is 7. The van der Waals surface area contributed by atoms with Crippen LogP contribution in [0.25, 0.3) is 0 Å². The molecule has 0 atom stereocenters. The van der Waals surface area contributed by atoms with Gasteiger partial charge in [-0.1, -0.05) is 19.0 Å². The van der Waals surface area contributed by atoms with Crippen molar-refractivity contribution in [2.24, 2.45) is 5.92 Å². The van der Waals surface area contributed by atoms with Gasteiger partial charge in [-0.15, -0.1) is 0 Å². The highest BCUT2D eigenvalue weighted by Gasteiger charge is 2.32. The first-order valence-electron chi connectivity index (χ1n) is 12.0. The molecule has 0 aliphatic carbocycles. The molecular weight excluding hydrogens is 458 g/mol. The summed E-state index contributed by atoms with van der Waals surface area (Å²) in [4.78, 5) is 18.0. The Morgan fingerprint density at radius 2 is 1.91 bits per heavy atom. The van der Waals surface area contributed by atoms with Crippen molar-refractivity contribution in [2.45, 2.75) is 51.7 Å². The molecule has 2 saturated heterocycles. The van der Waals surface area contributed by atoms with E-state index in [4.69, 9.17) is 14.2 Å². The fourth-order valence-corrected chi connectivity index (χ4v) is 5.37. The van der Waals surface area contributed by atoms with Gasteiger partial charge in [-0.05, 0) is 18.8 Å². The summed E-state index contributed by atoms with van der Waals surface area (Å²) in [6.07, 6.45) is 5.93. The van der Waals surface area contributed by atoms with Crippen LogP contribution in [0.1, 0.15) is 49.7 Å². The lowest BCUT2D eigenvalue weighted by Crippen LogP contribution is -2.53. The monoisotopic (exact) mass is 491 g/mol. The number of rotatable bonds is 7. The highest BCUT2D eigenvalue weighted by atomic mass is 32.2. The maximum absolute atomic E-state index is 11.8. The molecule has 12 heteroatoms.